The molecule has 180 valence electrons. The van der Waals surface area contributed by atoms with Crippen molar-refractivity contribution in [3.05, 3.63) is 95.6 Å². The number of rotatable bonds is 12. The molecule has 5 nitrogen and oxygen atoms in total. The summed E-state index contributed by atoms with van der Waals surface area (Å²) in [6.45, 7) is 4.36. The highest BCUT2D eigenvalue weighted by Gasteiger charge is 2.26. The molecule has 3 aromatic rings. The molecule has 0 spiro atoms. The third kappa shape index (κ3) is 7.37. The fourth-order valence-electron chi connectivity index (χ4n) is 3.40. The Balaban J connectivity index is 1.57. The summed E-state index contributed by atoms with van der Waals surface area (Å²) in [6.07, 6.45) is 1.67. The van der Waals surface area contributed by atoms with Gasteiger partial charge in [0.05, 0.1) is 10.6 Å². The van der Waals surface area contributed by atoms with Crippen molar-refractivity contribution < 1.29 is 13.2 Å². The number of nitrogens with zero attached hydrogens (tertiary/aromatic N) is 1. The summed E-state index contributed by atoms with van der Waals surface area (Å²) >= 11 is 1.82. The van der Waals surface area contributed by atoms with E-state index in [0.717, 1.165) is 29.9 Å². The molecule has 0 saturated carbocycles. The summed E-state index contributed by atoms with van der Waals surface area (Å²) < 4.78 is 27.9. The summed E-state index contributed by atoms with van der Waals surface area (Å²) in [6, 6.07) is 24.0. The summed E-state index contributed by atoms with van der Waals surface area (Å²) in [7, 11) is -3.87. The van der Waals surface area contributed by atoms with E-state index in [9.17, 15) is 13.2 Å². The Morgan fingerprint density at radius 2 is 1.56 bits per heavy atom. The number of hydrogen-bond donors (Lipinski definition) is 1. The van der Waals surface area contributed by atoms with Gasteiger partial charge in [-0.05, 0) is 60.9 Å². The zero-order valence-corrected chi connectivity index (χ0v) is 21.4. The van der Waals surface area contributed by atoms with E-state index in [-0.39, 0.29) is 17.3 Å². The molecule has 0 atom stereocenters. The molecular weight excluding hydrogens is 464 g/mol. The van der Waals surface area contributed by atoms with Crippen LogP contribution >= 0.6 is 11.8 Å². The molecular formula is C27H32N2O3S2. The fourth-order valence-corrected chi connectivity index (χ4v) is 5.76. The van der Waals surface area contributed by atoms with Crippen molar-refractivity contribution in [2.24, 2.45) is 0 Å². The Bertz CT molecular complexity index is 1150. The van der Waals surface area contributed by atoms with Crippen LogP contribution in [0.5, 0.6) is 0 Å². The Labute approximate surface area is 207 Å². The zero-order chi connectivity index (χ0) is 24.4. The number of carbonyl (C=O) groups excluding carboxylic acids is 1. The van der Waals surface area contributed by atoms with Gasteiger partial charge < -0.3 is 5.32 Å². The van der Waals surface area contributed by atoms with E-state index < -0.39 is 10.0 Å². The van der Waals surface area contributed by atoms with Crippen LogP contribution in [0, 0.1) is 6.92 Å². The molecule has 0 radical (unpaired) electrons. The fraction of sp³-hybridized carbons (Fsp3) is 0.296. The molecule has 0 aliphatic rings. The van der Waals surface area contributed by atoms with Crippen LogP contribution in [0.25, 0.3) is 0 Å². The molecule has 0 aromatic heterocycles. The maximum absolute atomic E-state index is 13.3. The van der Waals surface area contributed by atoms with E-state index >= 15 is 0 Å². The summed E-state index contributed by atoms with van der Waals surface area (Å²) in [5.74, 6) is 1.53. The lowest BCUT2D eigenvalue weighted by Gasteiger charge is -2.24. The van der Waals surface area contributed by atoms with Gasteiger partial charge in [-0.15, -0.1) is 0 Å². The first kappa shape index (κ1) is 25.8. The summed E-state index contributed by atoms with van der Waals surface area (Å²) in [4.78, 5) is 12.9. The highest BCUT2D eigenvalue weighted by atomic mass is 32.2. The second-order valence-electron chi connectivity index (χ2n) is 8.09. The summed E-state index contributed by atoms with van der Waals surface area (Å²) in [5, 5.41) is 2.88. The molecule has 1 amide bonds. The predicted molar refractivity (Wildman–Crippen MR) is 142 cm³/mol. The number of anilines is 1. The van der Waals surface area contributed by atoms with Crippen molar-refractivity contribution in [1.82, 2.24) is 5.32 Å². The largest absolute Gasteiger partial charge is 0.354 e. The number of aryl methyl sites for hydroxylation is 2. The molecule has 0 heterocycles. The van der Waals surface area contributed by atoms with E-state index in [2.05, 4.69) is 36.5 Å². The molecule has 0 aliphatic carbocycles. The number of benzene rings is 3. The first-order valence-electron chi connectivity index (χ1n) is 11.5. The van der Waals surface area contributed by atoms with Crippen molar-refractivity contribution in [2.75, 3.05) is 23.1 Å². The van der Waals surface area contributed by atoms with Gasteiger partial charge in [-0.3, -0.25) is 9.10 Å². The average Bonchev–Trinajstić information content (AvgIpc) is 2.86. The van der Waals surface area contributed by atoms with Crippen LogP contribution in [0.4, 0.5) is 5.69 Å². The molecule has 0 unspecified atom stereocenters. The SMILES string of the molecule is CCc1ccc(N(CC(=O)NCCCSCc2ccc(C)cc2)S(=O)(=O)c2ccccc2)cc1. The number of amides is 1. The zero-order valence-electron chi connectivity index (χ0n) is 19.7. The van der Waals surface area contributed by atoms with Gasteiger partial charge in [-0.25, -0.2) is 8.42 Å². The van der Waals surface area contributed by atoms with Crippen LogP contribution in [0.3, 0.4) is 0 Å². The standard InChI is InChI=1S/C27H32N2O3S2/c1-3-23-14-16-25(17-15-23)29(34(31,32)26-8-5-4-6-9-26)20-27(30)28-18-7-19-33-21-24-12-10-22(2)11-13-24/h4-6,8-17H,3,7,18-21H2,1-2H3,(H,28,30). The third-order valence-corrected chi connectivity index (χ3v) is 8.33. The highest BCUT2D eigenvalue weighted by Crippen LogP contribution is 2.24. The van der Waals surface area contributed by atoms with Crippen LogP contribution in [-0.2, 0) is 27.0 Å². The maximum Gasteiger partial charge on any atom is 0.264 e. The lowest BCUT2D eigenvalue weighted by molar-refractivity contribution is -0.119. The molecule has 0 fully saturated rings. The molecule has 3 rings (SSSR count). The van der Waals surface area contributed by atoms with Gasteiger partial charge in [0, 0.05) is 12.3 Å². The normalized spacial score (nSPS) is 11.2. The van der Waals surface area contributed by atoms with Gasteiger partial charge in [0.2, 0.25) is 5.91 Å². The molecule has 34 heavy (non-hydrogen) atoms. The smallest absolute Gasteiger partial charge is 0.264 e. The van der Waals surface area contributed by atoms with Crippen LogP contribution in [-0.4, -0.2) is 33.2 Å². The van der Waals surface area contributed by atoms with Gasteiger partial charge in [-0.2, -0.15) is 11.8 Å². The minimum Gasteiger partial charge on any atom is -0.354 e. The Hall–Kier alpha value is -2.77. The van der Waals surface area contributed by atoms with E-state index in [1.807, 2.05) is 30.8 Å². The quantitative estimate of drug-likeness (QED) is 0.350. The van der Waals surface area contributed by atoms with Gasteiger partial charge in [-0.1, -0.05) is 67.1 Å². The second kappa shape index (κ2) is 12.6. The average molecular weight is 497 g/mol. The van der Waals surface area contributed by atoms with Crippen LogP contribution in [0.15, 0.2) is 83.8 Å². The second-order valence-corrected chi connectivity index (χ2v) is 11.1. The summed E-state index contributed by atoms with van der Waals surface area (Å²) in [5.41, 5.74) is 4.12. The lowest BCUT2D eigenvalue weighted by Crippen LogP contribution is -2.41. The first-order chi connectivity index (χ1) is 16.4. The van der Waals surface area contributed by atoms with Crippen molar-refractivity contribution in [1.29, 1.82) is 0 Å². The third-order valence-electron chi connectivity index (χ3n) is 5.43. The van der Waals surface area contributed by atoms with Crippen LogP contribution in [0.2, 0.25) is 0 Å². The molecule has 7 heteroatoms. The maximum atomic E-state index is 13.3. The van der Waals surface area contributed by atoms with E-state index in [1.165, 1.54) is 15.4 Å². The Kier molecular flexibility index (Phi) is 9.60. The number of sulfonamides is 1. The van der Waals surface area contributed by atoms with E-state index in [1.54, 1.807) is 42.5 Å². The highest BCUT2D eigenvalue weighted by molar-refractivity contribution is 7.98. The van der Waals surface area contributed by atoms with Crippen LogP contribution in [0.1, 0.15) is 30.0 Å². The topological polar surface area (TPSA) is 66.5 Å². The number of carbonyl (C=O) groups is 1. The number of nitrogens with one attached hydrogen (secondary N) is 1. The number of hydrogen-bond acceptors (Lipinski definition) is 4. The predicted octanol–water partition coefficient (Wildman–Crippen LogP) is 5.19. The molecule has 0 aliphatic heterocycles. The van der Waals surface area contributed by atoms with E-state index in [4.69, 9.17) is 0 Å². The molecule has 3 aromatic carbocycles. The monoisotopic (exact) mass is 496 g/mol. The van der Waals surface area contributed by atoms with Gasteiger partial charge in [0.25, 0.3) is 10.0 Å². The minimum atomic E-state index is -3.87. The van der Waals surface area contributed by atoms with Gasteiger partial charge in [0.15, 0.2) is 0 Å². The van der Waals surface area contributed by atoms with Crippen molar-refractivity contribution in [3.8, 4) is 0 Å². The van der Waals surface area contributed by atoms with Crippen LogP contribution < -0.4 is 9.62 Å². The lowest BCUT2D eigenvalue weighted by atomic mass is 10.1. The number of thioether (sulfide) groups is 1. The Morgan fingerprint density at radius 1 is 0.912 bits per heavy atom. The molecule has 0 bridgehead atoms. The minimum absolute atomic E-state index is 0.162. The van der Waals surface area contributed by atoms with Gasteiger partial charge in [0.1, 0.15) is 6.54 Å². The van der Waals surface area contributed by atoms with Crippen molar-refractivity contribution >= 4 is 33.4 Å². The molecule has 0 saturated heterocycles. The Morgan fingerprint density at radius 3 is 2.21 bits per heavy atom. The van der Waals surface area contributed by atoms with Gasteiger partial charge >= 0.3 is 0 Å². The molecule has 1 N–H and O–H groups in total. The first-order valence-corrected chi connectivity index (χ1v) is 14.1. The van der Waals surface area contributed by atoms with Crippen molar-refractivity contribution in [2.45, 2.75) is 37.3 Å². The van der Waals surface area contributed by atoms with Crippen molar-refractivity contribution in [3.63, 3.8) is 0 Å². The van der Waals surface area contributed by atoms with E-state index in [0.29, 0.717) is 12.2 Å².